The van der Waals surface area contributed by atoms with E-state index in [9.17, 15) is 14.0 Å². The molecule has 0 unspecified atom stereocenters. The van der Waals surface area contributed by atoms with E-state index in [-0.39, 0.29) is 22.6 Å². The van der Waals surface area contributed by atoms with Gasteiger partial charge in [-0.3, -0.25) is 9.59 Å². The van der Waals surface area contributed by atoms with Gasteiger partial charge in [0.2, 0.25) is 0 Å². The third-order valence-corrected chi connectivity index (χ3v) is 4.35. The Kier molecular flexibility index (Phi) is 5.03. The zero-order valence-corrected chi connectivity index (χ0v) is 15.2. The van der Waals surface area contributed by atoms with Crippen molar-refractivity contribution in [3.8, 4) is 11.3 Å². The fourth-order valence-corrected chi connectivity index (χ4v) is 2.85. The molecule has 1 N–H and O–H groups in total. The molecule has 0 bridgehead atoms. The molecule has 4 aromatic rings. The number of carbonyl (C=O) groups excluding carboxylic acids is 1. The van der Waals surface area contributed by atoms with Crippen molar-refractivity contribution in [2.45, 2.75) is 6.54 Å². The third kappa shape index (κ3) is 4.14. The number of nitrogens with one attached hydrogen (secondary N) is 1. The van der Waals surface area contributed by atoms with E-state index < -0.39 is 11.7 Å². The average Bonchev–Trinajstić information content (AvgIpc) is 3.22. The van der Waals surface area contributed by atoms with Crippen LogP contribution in [0.3, 0.4) is 0 Å². The molecule has 1 amide bonds. The summed E-state index contributed by atoms with van der Waals surface area (Å²) < 4.78 is 20.5. The summed E-state index contributed by atoms with van der Waals surface area (Å²) in [7, 11) is 0. The van der Waals surface area contributed by atoms with Crippen LogP contribution < -0.4 is 10.9 Å². The number of pyridine rings is 1. The molecule has 6 nitrogen and oxygen atoms in total. The molecule has 0 aliphatic carbocycles. The van der Waals surface area contributed by atoms with Gasteiger partial charge in [0.15, 0.2) is 11.5 Å². The molecular formula is C22H16FN3O3. The summed E-state index contributed by atoms with van der Waals surface area (Å²) in [4.78, 5) is 24.2. The van der Waals surface area contributed by atoms with Gasteiger partial charge >= 0.3 is 0 Å². The third-order valence-electron chi connectivity index (χ3n) is 4.35. The predicted molar refractivity (Wildman–Crippen MR) is 106 cm³/mol. The lowest BCUT2D eigenvalue weighted by molar-refractivity contribution is 0.101. The highest BCUT2D eigenvalue weighted by Gasteiger charge is 2.16. The van der Waals surface area contributed by atoms with E-state index in [1.165, 1.54) is 18.2 Å². The Morgan fingerprint density at radius 1 is 1.03 bits per heavy atom. The first-order chi connectivity index (χ1) is 14.1. The second-order valence-electron chi connectivity index (χ2n) is 6.37. The molecule has 0 saturated carbocycles. The maximum absolute atomic E-state index is 13.8. The molecule has 0 radical (unpaired) electrons. The summed E-state index contributed by atoms with van der Waals surface area (Å²) >= 11 is 0. The van der Waals surface area contributed by atoms with Gasteiger partial charge in [0, 0.05) is 24.0 Å². The van der Waals surface area contributed by atoms with E-state index >= 15 is 0 Å². The zero-order valence-electron chi connectivity index (χ0n) is 15.2. The fraction of sp³-hybridized carbons (Fsp3) is 0.0455. The SMILES string of the molecule is O=C(Nc1ccc(Cn2ccccc2=O)cc1)c1cc(-c2ccccc2F)on1. The molecule has 2 aromatic heterocycles. The minimum atomic E-state index is -0.469. The summed E-state index contributed by atoms with van der Waals surface area (Å²) in [5.74, 6) is -0.746. The Labute approximate surface area is 165 Å². The first-order valence-corrected chi connectivity index (χ1v) is 8.87. The molecule has 2 aromatic carbocycles. The first-order valence-electron chi connectivity index (χ1n) is 8.87. The summed E-state index contributed by atoms with van der Waals surface area (Å²) in [6.07, 6.45) is 1.72. The van der Waals surface area contributed by atoms with Crippen molar-refractivity contribution in [3.63, 3.8) is 0 Å². The van der Waals surface area contributed by atoms with Gasteiger partial charge in [-0.1, -0.05) is 35.5 Å². The lowest BCUT2D eigenvalue weighted by Gasteiger charge is -2.07. The van der Waals surface area contributed by atoms with Gasteiger partial charge in [-0.2, -0.15) is 0 Å². The van der Waals surface area contributed by atoms with Gasteiger partial charge in [-0.15, -0.1) is 0 Å². The summed E-state index contributed by atoms with van der Waals surface area (Å²) in [5, 5.41) is 6.44. The van der Waals surface area contributed by atoms with Crippen LogP contribution in [0.5, 0.6) is 0 Å². The van der Waals surface area contributed by atoms with Crippen LogP contribution in [0, 0.1) is 5.82 Å². The van der Waals surface area contributed by atoms with Crippen molar-refractivity contribution in [3.05, 3.63) is 106 Å². The predicted octanol–water partition coefficient (Wildman–Crippen LogP) is 3.94. The normalized spacial score (nSPS) is 10.7. The average molecular weight is 389 g/mol. The van der Waals surface area contributed by atoms with Gasteiger partial charge in [0.1, 0.15) is 5.82 Å². The highest BCUT2D eigenvalue weighted by molar-refractivity contribution is 6.03. The minimum Gasteiger partial charge on any atom is -0.355 e. The van der Waals surface area contributed by atoms with Crippen molar-refractivity contribution in [2.75, 3.05) is 5.32 Å². The highest BCUT2D eigenvalue weighted by atomic mass is 19.1. The number of benzene rings is 2. The molecule has 144 valence electrons. The van der Waals surface area contributed by atoms with Crippen LogP contribution in [0.1, 0.15) is 16.1 Å². The molecule has 0 saturated heterocycles. The number of anilines is 1. The van der Waals surface area contributed by atoms with Gasteiger partial charge in [-0.05, 0) is 35.9 Å². The summed E-state index contributed by atoms with van der Waals surface area (Å²) in [5.41, 5.74) is 1.68. The zero-order chi connectivity index (χ0) is 20.2. The van der Waals surface area contributed by atoms with E-state index in [0.717, 1.165) is 5.56 Å². The van der Waals surface area contributed by atoms with Gasteiger partial charge in [-0.25, -0.2) is 4.39 Å². The number of nitrogens with zero attached hydrogens (tertiary/aromatic N) is 2. The van der Waals surface area contributed by atoms with Crippen molar-refractivity contribution in [1.29, 1.82) is 0 Å². The largest absolute Gasteiger partial charge is 0.355 e. The van der Waals surface area contributed by atoms with E-state index in [2.05, 4.69) is 10.5 Å². The molecule has 0 aliphatic heterocycles. The fourth-order valence-electron chi connectivity index (χ4n) is 2.85. The molecule has 4 rings (SSSR count). The molecule has 2 heterocycles. The van der Waals surface area contributed by atoms with Crippen molar-refractivity contribution in [1.82, 2.24) is 9.72 Å². The Morgan fingerprint density at radius 2 is 1.79 bits per heavy atom. The molecular weight excluding hydrogens is 373 g/mol. The van der Waals surface area contributed by atoms with Crippen LogP contribution in [0.25, 0.3) is 11.3 Å². The molecule has 0 aliphatic rings. The Balaban J connectivity index is 1.44. The van der Waals surface area contributed by atoms with E-state index in [0.29, 0.717) is 12.2 Å². The number of rotatable bonds is 5. The Bertz CT molecular complexity index is 1210. The van der Waals surface area contributed by atoms with Crippen LogP contribution in [-0.4, -0.2) is 15.6 Å². The number of hydrogen-bond donors (Lipinski definition) is 1. The van der Waals surface area contributed by atoms with Crippen LogP contribution >= 0.6 is 0 Å². The minimum absolute atomic E-state index is 0.0446. The second kappa shape index (κ2) is 7.93. The van der Waals surface area contributed by atoms with Crippen LogP contribution in [0.15, 0.2) is 88.3 Å². The van der Waals surface area contributed by atoms with Crippen LogP contribution in [0.2, 0.25) is 0 Å². The number of aromatic nitrogens is 2. The Hall–Kier alpha value is -4.00. The van der Waals surface area contributed by atoms with Gasteiger partial charge in [0.05, 0.1) is 12.1 Å². The lowest BCUT2D eigenvalue weighted by Crippen LogP contribution is -2.18. The topological polar surface area (TPSA) is 77.1 Å². The van der Waals surface area contributed by atoms with Crippen molar-refractivity contribution in [2.24, 2.45) is 0 Å². The second-order valence-corrected chi connectivity index (χ2v) is 6.37. The van der Waals surface area contributed by atoms with Crippen LogP contribution in [0.4, 0.5) is 10.1 Å². The molecule has 7 heteroatoms. The first kappa shape index (κ1) is 18.4. The number of amides is 1. The smallest absolute Gasteiger partial charge is 0.277 e. The maximum atomic E-state index is 13.8. The summed E-state index contributed by atoms with van der Waals surface area (Å²) in [6.45, 7) is 0.434. The van der Waals surface area contributed by atoms with Crippen LogP contribution in [-0.2, 0) is 6.54 Å². The van der Waals surface area contributed by atoms with Gasteiger partial charge in [0.25, 0.3) is 11.5 Å². The van der Waals surface area contributed by atoms with E-state index in [4.69, 9.17) is 4.52 Å². The molecule has 29 heavy (non-hydrogen) atoms. The number of hydrogen-bond acceptors (Lipinski definition) is 4. The molecule has 0 spiro atoms. The van der Waals surface area contributed by atoms with E-state index in [1.807, 2.05) is 12.1 Å². The van der Waals surface area contributed by atoms with Crippen molar-refractivity contribution < 1.29 is 13.7 Å². The molecule has 0 atom stereocenters. The number of halogens is 1. The lowest BCUT2D eigenvalue weighted by atomic mass is 10.1. The molecule has 0 fully saturated rings. The number of carbonyl (C=O) groups is 1. The highest BCUT2D eigenvalue weighted by Crippen LogP contribution is 2.23. The maximum Gasteiger partial charge on any atom is 0.277 e. The summed E-state index contributed by atoms with van der Waals surface area (Å²) in [6, 6.07) is 19.6. The van der Waals surface area contributed by atoms with Gasteiger partial charge < -0.3 is 14.4 Å². The monoisotopic (exact) mass is 389 g/mol. The van der Waals surface area contributed by atoms with E-state index in [1.54, 1.807) is 53.2 Å². The Morgan fingerprint density at radius 3 is 2.55 bits per heavy atom. The quantitative estimate of drug-likeness (QED) is 0.561. The standard InChI is InChI=1S/C22H16FN3O3/c23-18-6-2-1-5-17(18)20-13-19(25-29-20)22(28)24-16-10-8-15(9-11-16)14-26-12-4-3-7-21(26)27/h1-13H,14H2,(H,24,28). The van der Waals surface area contributed by atoms with Crippen molar-refractivity contribution >= 4 is 11.6 Å².